The zero-order chi connectivity index (χ0) is 17.4. The number of anilines is 1. The van der Waals surface area contributed by atoms with E-state index in [4.69, 9.17) is 0 Å². The minimum atomic E-state index is -3.47. The summed E-state index contributed by atoms with van der Waals surface area (Å²) in [6, 6.07) is 6.72. The predicted molar refractivity (Wildman–Crippen MR) is 96.6 cm³/mol. The van der Waals surface area contributed by atoms with Crippen LogP contribution in [-0.2, 0) is 14.8 Å². The molecule has 0 aromatic heterocycles. The molecule has 0 unspecified atom stereocenters. The number of hydrogen-bond donors (Lipinski definition) is 1. The van der Waals surface area contributed by atoms with Crippen LogP contribution in [0.25, 0.3) is 0 Å². The Labute approximate surface area is 149 Å². The van der Waals surface area contributed by atoms with Crippen molar-refractivity contribution in [2.75, 3.05) is 18.4 Å². The van der Waals surface area contributed by atoms with Crippen LogP contribution in [0.1, 0.15) is 44.9 Å². The van der Waals surface area contributed by atoms with Crippen LogP contribution < -0.4 is 5.32 Å². The lowest BCUT2D eigenvalue weighted by Crippen LogP contribution is -2.35. The molecule has 2 aliphatic carbocycles. The van der Waals surface area contributed by atoms with Crippen molar-refractivity contribution >= 4 is 21.6 Å². The summed E-state index contributed by atoms with van der Waals surface area (Å²) in [6.07, 6.45) is 7.51. The molecule has 6 heteroatoms. The molecule has 2 bridgehead atoms. The van der Waals surface area contributed by atoms with Crippen molar-refractivity contribution in [1.29, 1.82) is 0 Å². The molecule has 1 aliphatic heterocycles. The van der Waals surface area contributed by atoms with Crippen molar-refractivity contribution in [2.24, 2.45) is 17.8 Å². The third-order valence-electron chi connectivity index (χ3n) is 6.13. The number of carbonyl (C=O) groups is 1. The third kappa shape index (κ3) is 3.34. The van der Waals surface area contributed by atoms with Gasteiger partial charge in [0.05, 0.1) is 4.90 Å². The number of benzene rings is 1. The fraction of sp³-hybridized carbons (Fsp3) is 0.632. The molecule has 5 nitrogen and oxygen atoms in total. The van der Waals surface area contributed by atoms with Gasteiger partial charge in [0.1, 0.15) is 0 Å². The standard InChI is InChI=1S/C19H26N2O3S/c22-19(18-12-14-7-8-15(18)11-14)20-16-5-4-6-17(13-16)25(23,24)21-9-2-1-3-10-21/h4-6,13-15,18H,1-3,7-12H2,(H,20,22)/t14-,15-,18-/m0/s1. The lowest BCUT2D eigenvalue weighted by molar-refractivity contribution is -0.121. The lowest BCUT2D eigenvalue weighted by atomic mass is 9.88. The van der Waals surface area contributed by atoms with E-state index in [1.807, 2.05) is 0 Å². The number of rotatable bonds is 4. The van der Waals surface area contributed by atoms with E-state index < -0.39 is 10.0 Å². The highest BCUT2D eigenvalue weighted by atomic mass is 32.2. The molecule has 3 fully saturated rings. The maximum atomic E-state index is 12.8. The van der Waals surface area contributed by atoms with Gasteiger partial charge in [0.2, 0.25) is 15.9 Å². The van der Waals surface area contributed by atoms with E-state index in [1.54, 1.807) is 28.6 Å². The fourth-order valence-electron chi connectivity index (χ4n) is 4.79. The largest absolute Gasteiger partial charge is 0.326 e. The van der Waals surface area contributed by atoms with Crippen molar-refractivity contribution < 1.29 is 13.2 Å². The van der Waals surface area contributed by atoms with E-state index in [0.29, 0.717) is 30.6 Å². The van der Waals surface area contributed by atoms with Gasteiger partial charge < -0.3 is 5.32 Å². The van der Waals surface area contributed by atoms with E-state index in [-0.39, 0.29) is 16.7 Å². The number of nitrogens with one attached hydrogen (secondary N) is 1. The molecule has 0 radical (unpaired) electrons. The second kappa shape index (κ2) is 6.72. The molecule has 1 saturated heterocycles. The van der Waals surface area contributed by atoms with Gasteiger partial charge in [-0.05, 0) is 62.1 Å². The molecular weight excluding hydrogens is 336 g/mol. The Bertz CT molecular complexity index is 756. The highest BCUT2D eigenvalue weighted by molar-refractivity contribution is 7.89. The Kier molecular flexibility index (Phi) is 4.58. The molecule has 1 heterocycles. The van der Waals surface area contributed by atoms with E-state index in [0.717, 1.165) is 32.1 Å². The summed E-state index contributed by atoms with van der Waals surface area (Å²) in [4.78, 5) is 12.9. The first-order chi connectivity index (χ1) is 12.0. The van der Waals surface area contributed by atoms with Crippen LogP contribution in [0.3, 0.4) is 0 Å². The molecular formula is C19H26N2O3S. The summed E-state index contributed by atoms with van der Waals surface area (Å²) in [5, 5.41) is 2.96. The highest BCUT2D eigenvalue weighted by Gasteiger charge is 2.43. The number of nitrogens with zero attached hydrogens (tertiary/aromatic N) is 1. The van der Waals surface area contributed by atoms with E-state index in [1.165, 1.54) is 12.8 Å². The summed E-state index contributed by atoms with van der Waals surface area (Å²) < 4.78 is 27.2. The van der Waals surface area contributed by atoms with Gasteiger partial charge in [-0.25, -0.2) is 8.42 Å². The van der Waals surface area contributed by atoms with Gasteiger partial charge in [0.25, 0.3) is 0 Å². The Hall–Kier alpha value is -1.40. The van der Waals surface area contributed by atoms with Crippen molar-refractivity contribution in [3.8, 4) is 0 Å². The maximum Gasteiger partial charge on any atom is 0.243 e. The highest BCUT2D eigenvalue weighted by Crippen LogP contribution is 2.48. The number of carbonyl (C=O) groups excluding carboxylic acids is 1. The zero-order valence-electron chi connectivity index (χ0n) is 14.5. The van der Waals surface area contributed by atoms with Gasteiger partial charge in [-0.3, -0.25) is 4.79 Å². The van der Waals surface area contributed by atoms with Gasteiger partial charge in [0.15, 0.2) is 0 Å². The second-order valence-corrected chi connectivity index (χ2v) is 9.70. The lowest BCUT2D eigenvalue weighted by Gasteiger charge is -2.26. The van der Waals surface area contributed by atoms with Crippen LogP contribution in [-0.4, -0.2) is 31.7 Å². The number of amides is 1. The predicted octanol–water partition coefficient (Wildman–Crippen LogP) is 3.24. The molecule has 1 N–H and O–H groups in total. The smallest absolute Gasteiger partial charge is 0.243 e. The molecule has 136 valence electrons. The Morgan fingerprint density at radius 1 is 1.08 bits per heavy atom. The van der Waals surface area contributed by atoms with E-state index >= 15 is 0 Å². The molecule has 3 aliphatic rings. The average Bonchev–Trinajstić information content (AvgIpc) is 3.26. The molecule has 0 spiro atoms. The maximum absolute atomic E-state index is 12.8. The Morgan fingerprint density at radius 2 is 1.88 bits per heavy atom. The molecule has 1 amide bonds. The summed E-state index contributed by atoms with van der Waals surface area (Å²) >= 11 is 0. The minimum Gasteiger partial charge on any atom is -0.326 e. The van der Waals surface area contributed by atoms with Crippen molar-refractivity contribution in [3.05, 3.63) is 24.3 Å². The molecule has 1 aromatic rings. The first kappa shape index (κ1) is 17.0. The van der Waals surface area contributed by atoms with Crippen molar-refractivity contribution in [3.63, 3.8) is 0 Å². The summed E-state index contributed by atoms with van der Waals surface area (Å²) in [5.74, 6) is 1.39. The van der Waals surface area contributed by atoms with Crippen LogP contribution >= 0.6 is 0 Å². The second-order valence-electron chi connectivity index (χ2n) is 7.76. The third-order valence-corrected chi connectivity index (χ3v) is 8.02. The van der Waals surface area contributed by atoms with E-state index in [2.05, 4.69) is 5.32 Å². The van der Waals surface area contributed by atoms with Gasteiger partial charge in [-0.1, -0.05) is 18.9 Å². The monoisotopic (exact) mass is 362 g/mol. The first-order valence-corrected chi connectivity index (χ1v) is 10.9. The van der Waals surface area contributed by atoms with Crippen molar-refractivity contribution in [1.82, 2.24) is 4.31 Å². The number of fused-ring (bicyclic) bond motifs is 2. The quantitative estimate of drug-likeness (QED) is 0.894. The zero-order valence-corrected chi connectivity index (χ0v) is 15.3. The number of hydrogen-bond acceptors (Lipinski definition) is 3. The summed E-state index contributed by atoms with van der Waals surface area (Å²) in [6.45, 7) is 1.17. The van der Waals surface area contributed by atoms with Gasteiger partial charge in [-0.2, -0.15) is 4.31 Å². The van der Waals surface area contributed by atoms with Crippen LogP contribution in [0.15, 0.2) is 29.2 Å². The SMILES string of the molecule is O=C(Nc1cccc(S(=O)(=O)N2CCCCC2)c1)[C@H]1C[C@H]2CC[C@H]1C2. The van der Waals surface area contributed by atoms with Gasteiger partial charge in [0, 0.05) is 24.7 Å². The molecule has 1 aromatic carbocycles. The van der Waals surface area contributed by atoms with Crippen LogP contribution in [0.5, 0.6) is 0 Å². The topological polar surface area (TPSA) is 66.5 Å². The number of sulfonamides is 1. The van der Waals surface area contributed by atoms with Gasteiger partial charge in [-0.15, -0.1) is 0 Å². The Morgan fingerprint density at radius 3 is 2.56 bits per heavy atom. The Balaban J connectivity index is 1.48. The summed E-state index contributed by atoms with van der Waals surface area (Å²) in [5.41, 5.74) is 0.589. The molecule has 25 heavy (non-hydrogen) atoms. The first-order valence-electron chi connectivity index (χ1n) is 9.45. The molecule has 2 saturated carbocycles. The molecule has 3 atom stereocenters. The van der Waals surface area contributed by atoms with Crippen LogP contribution in [0, 0.1) is 17.8 Å². The van der Waals surface area contributed by atoms with Crippen LogP contribution in [0.2, 0.25) is 0 Å². The fourth-order valence-corrected chi connectivity index (χ4v) is 6.35. The van der Waals surface area contributed by atoms with Crippen molar-refractivity contribution in [2.45, 2.75) is 49.8 Å². The normalized spacial score (nSPS) is 29.7. The number of piperidine rings is 1. The van der Waals surface area contributed by atoms with E-state index in [9.17, 15) is 13.2 Å². The van der Waals surface area contributed by atoms with Crippen LogP contribution in [0.4, 0.5) is 5.69 Å². The van der Waals surface area contributed by atoms with Gasteiger partial charge >= 0.3 is 0 Å². The summed E-state index contributed by atoms with van der Waals surface area (Å²) in [7, 11) is -3.47. The average molecular weight is 362 g/mol. The molecule has 4 rings (SSSR count). The minimum absolute atomic E-state index is 0.0553.